The molecule has 0 aromatic heterocycles. The predicted molar refractivity (Wildman–Crippen MR) is 127 cm³/mol. The molecule has 0 heterocycles. The van der Waals surface area contributed by atoms with Gasteiger partial charge < -0.3 is 20.1 Å². The summed E-state index contributed by atoms with van der Waals surface area (Å²) in [4.78, 5) is 4.33. The molecule has 154 valence electrons. The highest BCUT2D eigenvalue weighted by Crippen LogP contribution is 2.25. The van der Waals surface area contributed by atoms with Crippen LogP contribution in [0.1, 0.15) is 36.5 Å². The SMILES string of the molecule is CCOc1cc(C)ccc1CNC(=NC)NCC(C)c1ccccc1OC.I. The van der Waals surface area contributed by atoms with Crippen molar-refractivity contribution in [2.75, 3.05) is 27.3 Å². The molecule has 2 N–H and O–H groups in total. The van der Waals surface area contributed by atoms with Gasteiger partial charge in [-0.1, -0.05) is 37.3 Å². The van der Waals surface area contributed by atoms with E-state index in [9.17, 15) is 0 Å². The highest BCUT2D eigenvalue weighted by molar-refractivity contribution is 14.0. The van der Waals surface area contributed by atoms with Gasteiger partial charge in [0.25, 0.3) is 0 Å². The van der Waals surface area contributed by atoms with Crippen molar-refractivity contribution < 1.29 is 9.47 Å². The first-order valence-corrected chi connectivity index (χ1v) is 9.38. The van der Waals surface area contributed by atoms with Gasteiger partial charge in [0, 0.05) is 31.6 Å². The van der Waals surface area contributed by atoms with E-state index in [0.29, 0.717) is 13.2 Å². The van der Waals surface area contributed by atoms with Gasteiger partial charge in [-0.25, -0.2) is 0 Å². The fraction of sp³-hybridized carbons (Fsp3) is 0.409. The lowest BCUT2D eigenvalue weighted by molar-refractivity contribution is 0.336. The lowest BCUT2D eigenvalue weighted by Crippen LogP contribution is -2.38. The Kier molecular flexibility index (Phi) is 10.7. The maximum Gasteiger partial charge on any atom is 0.191 e. The number of guanidine groups is 1. The summed E-state index contributed by atoms with van der Waals surface area (Å²) in [7, 11) is 3.48. The van der Waals surface area contributed by atoms with Crippen LogP contribution < -0.4 is 20.1 Å². The van der Waals surface area contributed by atoms with E-state index in [1.807, 2.05) is 25.1 Å². The van der Waals surface area contributed by atoms with E-state index < -0.39 is 0 Å². The fourth-order valence-electron chi connectivity index (χ4n) is 2.93. The van der Waals surface area contributed by atoms with Crippen molar-refractivity contribution in [3.8, 4) is 11.5 Å². The standard InChI is InChI=1S/C22H31N3O2.HI/c1-6-27-21-13-16(2)11-12-18(21)15-25-22(23-4)24-14-17(3)19-9-7-8-10-20(19)26-5;/h7-13,17H,6,14-15H2,1-5H3,(H2,23,24,25);1H. The van der Waals surface area contributed by atoms with Crippen LogP contribution in [0, 0.1) is 6.92 Å². The summed E-state index contributed by atoms with van der Waals surface area (Å²) >= 11 is 0. The molecule has 0 aliphatic heterocycles. The smallest absolute Gasteiger partial charge is 0.191 e. The second kappa shape index (κ2) is 12.5. The van der Waals surface area contributed by atoms with Crippen molar-refractivity contribution in [3.63, 3.8) is 0 Å². The average Bonchev–Trinajstić information content (AvgIpc) is 2.69. The van der Waals surface area contributed by atoms with Gasteiger partial charge in [-0.05, 0) is 37.1 Å². The molecule has 6 heteroatoms. The highest BCUT2D eigenvalue weighted by atomic mass is 127. The number of hydrogen-bond acceptors (Lipinski definition) is 3. The number of nitrogens with one attached hydrogen (secondary N) is 2. The molecule has 1 unspecified atom stereocenters. The Balaban J connectivity index is 0.00000392. The van der Waals surface area contributed by atoms with Gasteiger partial charge in [0.1, 0.15) is 11.5 Å². The van der Waals surface area contributed by atoms with Crippen LogP contribution in [-0.4, -0.2) is 33.3 Å². The van der Waals surface area contributed by atoms with Crippen molar-refractivity contribution in [3.05, 3.63) is 59.2 Å². The number of para-hydroxylation sites is 1. The normalized spacial score (nSPS) is 12.0. The molecule has 0 fully saturated rings. The van der Waals surface area contributed by atoms with Crippen LogP contribution in [0.3, 0.4) is 0 Å². The summed E-state index contributed by atoms with van der Waals surface area (Å²) in [6.45, 7) is 8.30. The first-order valence-electron chi connectivity index (χ1n) is 9.38. The summed E-state index contributed by atoms with van der Waals surface area (Å²) in [6, 6.07) is 14.4. The topological polar surface area (TPSA) is 54.9 Å². The molecular formula is C22H32IN3O2. The summed E-state index contributed by atoms with van der Waals surface area (Å²) in [6.07, 6.45) is 0. The first-order chi connectivity index (χ1) is 13.1. The molecule has 0 aliphatic rings. The summed E-state index contributed by atoms with van der Waals surface area (Å²) in [5.74, 6) is 2.89. The van der Waals surface area contributed by atoms with Crippen molar-refractivity contribution in [2.24, 2.45) is 4.99 Å². The van der Waals surface area contributed by atoms with Gasteiger partial charge in [0.2, 0.25) is 0 Å². The Labute approximate surface area is 186 Å². The van der Waals surface area contributed by atoms with E-state index >= 15 is 0 Å². The molecule has 0 radical (unpaired) electrons. The zero-order valence-corrected chi connectivity index (χ0v) is 19.7. The lowest BCUT2D eigenvalue weighted by Gasteiger charge is -2.19. The molecule has 0 saturated heterocycles. The van der Waals surface area contributed by atoms with Gasteiger partial charge >= 0.3 is 0 Å². The Bertz CT molecular complexity index is 765. The number of rotatable bonds is 8. The summed E-state index contributed by atoms with van der Waals surface area (Å²) in [5.41, 5.74) is 3.48. The molecule has 2 aromatic carbocycles. The summed E-state index contributed by atoms with van der Waals surface area (Å²) in [5, 5.41) is 6.76. The number of aliphatic imine (C=N–C) groups is 1. The van der Waals surface area contributed by atoms with Gasteiger partial charge in [-0.15, -0.1) is 24.0 Å². The van der Waals surface area contributed by atoms with Crippen LogP contribution in [0.2, 0.25) is 0 Å². The maximum atomic E-state index is 5.75. The van der Waals surface area contributed by atoms with Crippen LogP contribution in [0.4, 0.5) is 0 Å². The Hall–Kier alpha value is -1.96. The average molecular weight is 497 g/mol. The number of nitrogens with zero attached hydrogens (tertiary/aromatic N) is 1. The molecular weight excluding hydrogens is 465 g/mol. The third kappa shape index (κ3) is 6.89. The molecule has 0 saturated carbocycles. The second-order valence-corrected chi connectivity index (χ2v) is 6.49. The summed E-state index contributed by atoms with van der Waals surface area (Å²) < 4.78 is 11.2. The van der Waals surface area contributed by atoms with Gasteiger partial charge in [-0.3, -0.25) is 4.99 Å². The van der Waals surface area contributed by atoms with Crippen LogP contribution >= 0.6 is 24.0 Å². The van der Waals surface area contributed by atoms with E-state index in [-0.39, 0.29) is 29.9 Å². The van der Waals surface area contributed by atoms with Crippen LogP contribution in [0.5, 0.6) is 11.5 Å². The van der Waals surface area contributed by atoms with Crippen molar-refractivity contribution in [1.29, 1.82) is 0 Å². The number of ether oxygens (including phenoxy) is 2. The van der Waals surface area contributed by atoms with Gasteiger partial charge in [-0.2, -0.15) is 0 Å². The van der Waals surface area contributed by atoms with Crippen LogP contribution in [0.25, 0.3) is 0 Å². The monoisotopic (exact) mass is 497 g/mol. The van der Waals surface area contributed by atoms with E-state index in [4.69, 9.17) is 9.47 Å². The molecule has 0 amide bonds. The fourth-order valence-corrected chi connectivity index (χ4v) is 2.93. The number of benzene rings is 2. The highest BCUT2D eigenvalue weighted by Gasteiger charge is 2.12. The minimum atomic E-state index is 0. The van der Waals surface area contributed by atoms with Crippen LogP contribution in [-0.2, 0) is 6.54 Å². The quantitative estimate of drug-likeness (QED) is 0.321. The molecule has 5 nitrogen and oxygen atoms in total. The van der Waals surface area contributed by atoms with Crippen molar-refractivity contribution in [1.82, 2.24) is 10.6 Å². The first kappa shape index (κ1) is 24.1. The molecule has 0 bridgehead atoms. The lowest BCUT2D eigenvalue weighted by atomic mass is 10.0. The third-order valence-electron chi connectivity index (χ3n) is 4.44. The zero-order chi connectivity index (χ0) is 19.6. The molecule has 1 atom stereocenters. The molecule has 2 aromatic rings. The largest absolute Gasteiger partial charge is 0.496 e. The zero-order valence-electron chi connectivity index (χ0n) is 17.4. The minimum absolute atomic E-state index is 0. The molecule has 2 rings (SSSR count). The maximum absolute atomic E-state index is 5.75. The number of hydrogen-bond donors (Lipinski definition) is 2. The van der Waals surface area contributed by atoms with Gasteiger partial charge in [0.05, 0.1) is 13.7 Å². The second-order valence-electron chi connectivity index (χ2n) is 6.49. The predicted octanol–water partition coefficient (Wildman–Crippen LogP) is 4.49. The number of aryl methyl sites for hydroxylation is 1. The molecule has 0 spiro atoms. The Morgan fingerprint density at radius 3 is 2.54 bits per heavy atom. The van der Waals surface area contributed by atoms with E-state index in [1.165, 1.54) is 11.1 Å². The van der Waals surface area contributed by atoms with E-state index in [1.54, 1.807) is 14.2 Å². The number of methoxy groups -OCH3 is 1. The van der Waals surface area contributed by atoms with E-state index in [0.717, 1.165) is 29.6 Å². The Morgan fingerprint density at radius 1 is 1.11 bits per heavy atom. The Morgan fingerprint density at radius 2 is 1.86 bits per heavy atom. The minimum Gasteiger partial charge on any atom is -0.496 e. The van der Waals surface area contributed by atoms with Crippen molar-refractivity contribution >= 4 is 29.9 Å². The molecule has 0 aliphatic carbocycles. The van der Waals surface area contributed by atoms with E-state index in [2.05, 4.69) is 53.7 Å². The molecule has 28 heavy (non-hydrogen) atoms. The van der Waals surface area contributed by atoms with Crippen molar-refractivity contribution in [2.45, 2.75) is 33.2 Å². The third-order valence-corrected chi connectivity index (χ3v) is 4.44. The van der Waals surface area contributed by atoms with Crippen LogP contribution in [0.15, 0.2) is 47.5 Å². The number of halogens is 1. The van der Waals surface area contributed by atoms with Gasteiger partial charge in [0.15, 0.2) is 5.96 Å².